The van der Waals surface area contributed by atoms with Crippen LogP contribution in [0.5, 0.6) is 0 Å². The van der Waals surface area contributed by atoms with Crippen LogP contribution in [0.2, 0.25) is 0 Å². The zero-order valence-corrected chi connectivity index (χ0v) is 16.6. The van der Waals surface area contributed by atoms with Crippen molar-refractivity contribution in [2.75, 3.05) is 11.5 Å². The lowest BCUT2D eigenvalue weighted by Gasteiger charge is -2.06. The molecule has 1 atom stereocenters. The molecule has 0 aliphatic carbocycles. The van der Waals surface area contributed by atoms with E-state index in [1.54, 1.807) is 0 Å². The van der Waals surface area contributed by atoms with E-state index in [0.29, 0.717) is 0 Å². The number of allylic oxidation sites excluding steroid dienone is 2. The monoisotopic (exact) mass is 326 g/mol. The Labute approximate surface area is 145 Å². The lowest BCUT2D eigenvalue weighted by atomic mass is 10.0. The average Bonchev–Trinajstić information content (AvgIpc) is 2.53. The van der Waals surface area contributed by atoms with Gasteiger partial charge in [-0.25, -0.2) is 0 Å². The minimum atomic E-state index is 0.787. The van der Waals surface area contributed by atoms with E-state index in [-0.39, 0.29) is 0 Å². The van der Waals surface area contributed by atoms with Crippen molar-refractivity contribution >= 4 is 11.8 Å². The van der Waals surface area contributed by atoms with Crippen LogP contribution in [0.3, 0.4) is 0 Å². The molecule has 0 aromatic rings. The maximum absolute atomic E-state index is 2.39. The first-order valence-corrected chi connectivity index (χ1v) is 11.2. The van der Waals surface area contributed by atoms with Crippen molar-refractivity contribution in [2.24, 2.45) is 5.92 Å². The molecular weight excluding hydrogens is 284 g/mol. The van der Waals surface area contributed by atoms with Crippen molar-refractivity contribution in [3.05, 3.63) is 12.2 Å². The molecule has 0 N–H and O–H groups in total. The van der Waals surface area contributed by atoms with Crippen molar-refractivity contribution < 1.29 is 0 Å². The molecule has 0 amide bonds. The molecule has 0 aliphatic heterocycles. The number of unbranched alkanes of at least 4 members (excludes halogenated alkanes) is 9. The van der Waals surface area contributed by atoms with E-state index in [1.165, 1.54) is 95.0 Å². The van der Waals surface area contributed by atoms with E-state index >= 15 is 0 Å². The highest BCUT2D eigenvalue weighted by Crippen LogP contribution is 2.15. The predicted octanol–water partition coefficient (Wildman–Crippen LogP) is 8.02. The maximum atomic E-state index is 2.39. The zero-order valence-electron chi connectivity index (χ0n) is 15.7. The van der Waals surface area contributed by atoms with Crippen LogP contribution in [0.25, 0.3) is 0 Å². The SMILES string of the molecule is CC/C=C\C(C)CCCCCCCCCCCCSCCC. The molecule has 0 aromatic carbocycles. The molecule has 132 valence electrons. The van der Waals surface area contributed by atoms with Gasteiger partial charge in [0.05, 0.1) is 0 Å². The van der Waals surface area contributed by atoms with Gasteiger partial charge in [-0.2, -0.15) is 11.8 Å². The van der Waals surface area contributed by atoms with Crippen molar-refractivity contribution in [2.45, 2.75) is 104 Å². The Balaban J connectivity index is 3.07. The number of hydrogen-bond donors (Lipinski definition) is 0. The van der Waals surface area contributed by atoms with Gasteiger partial charge >= 0.3 is 0 Å². The summed E-state index contributed by atoms with van der Waals surface area (Å²) in [5, 5.41) is 0. The molecular formula is C21H42S. The van der Waals surface area contributed by atoms with Crippen LogP contribution >= 0.6 is 11.8 Å². The molecule has 0 rings (SSSR count). The summed E-state index contributed by atoms with van der Waals surface area (Å²) in [6.45, 7) is 6.85. The lowest BCUT2D eigenvalue weighted by Crippen LogP contribution is -1.90. The second-order valence-corrected chi connectivity index (χ2v) is 7.98. The van der Waals surface area contributed by atoms with Crippen LogP contribution in [-0.2, 0) is 0 Å². The van der Waals surface area contributed by atoms with Gasteiger partial charge < -0.3 is 0 Å². The second-order valence-electron chi connectivity index (χ2n) is 6.75. The fourth-order valence-corrected chi connectivity index (χ4v) is 3.70. The van der Waals surface area contributed by atoms with Gasteiger partial charge in [0.15, 0.2) is 0 Å². The van der Waals surface area contributed by atoms with Gasteiger partial charge in [-0.15, -0.1) is 0 Å². The fraction of sp³-hybridized carbons (Fsp3) is 0.905. The summed E-state index contributed by atoms with van der Waals surface area (Å²) in [5.74, 6) is 3.53. The van der Waals surface area contributed by atoms with Gasteiger partial charge in [0, 0.05) is 0 Å². The normalized spacial score (nSPS) is 13.0. The molecule has 22 heavy (non-hydrogen) atoms. The number of thioether (sulfide) groups is 1. The number of rotatable bonds is 17. The fourth-order valence-electron chi connectivity index (χ4n) is 2.80. The summed E-state index contributed by atoms with van der Waals surface area (Å²) >= 11 is 2.13. The van der Waals surface area contributed by atoms with Crippen LogP contribution in [0.4, 0.5) is 0 Å². The van der Waals surface area contributed by atoms with Crippen LogP contribution in [0.15, 0.2) is 12.2 Å². The van der Waals surface area contributed by atoms with Crippen LogP contribution in [0, 0.1) is 5.92 Å². The van der Waals surface area contributed by atoms with E-state index in [9.17, 15) is 0 Å². The quantitative estimate of drug-likeness (QED) is 0.192. The smallest absolute Gasteiger partial charge is 0.00675 e. The van der Waals surface area contributed by atoms with E-state index in [0.717, 1.165) is 5.92 Å². The van der Waals surface area contributed by atoms with Gasteiger partial charge in [-0.1, -0.05) is 90.7 Å². The van der Waals surface area contributed by atoms with Gasteiger partial charge in [-0.3, -0.25) is 0 Å². The Hall–Kier alpha value is 0.0900. The molecule has 0 spiro atoms. The summed E-state index contributed by atoms with van der Waals surface area (Å²) in [4.78, 5) is 0. The highest BCUT2D eigenvalue weighted by Gasteiger charge is 1.97. The van der Waals surface area contributed by atoms with Gasteiger partial charge in [0.1, 0.15) is 0 Å². The second kappa shape index (κ2) is 19.1. The molecule has 0 bridgehead atoms. The largest absolute Gasteiger partial charge is 0.162 e. The summed E-state index contributed by atoms with van der Waals surface area (Å²) in [6.07, 6.45) is 23.2. The van der Waals surface area contributed by atoms with Gasteiger partial charge in [-0.05, 0) is 43.1 Å². The minimum Gasteiger partial charge on any atom is -0.162 e. The molecule has 0 saturated heterocycles. The van der Waals surface area contributed by atoms with E-state index < -0.39 is 0 Å². The first-order chi connectivity index (χ1) is 10.8. The summed E-state index contributed by atoms with van der Waals surface area (Å²) in [7, 11) is 0. The van der Waals surface area contributed by atoms with Crippen LogP contribution in [-0.4, -0.2) is 11.5 Å². The van der Waals surface area contributed by atoms with Gasteiger partial charge in [0.2, 0.25) is 0 Å². The maximum Gasteiger partial charge on any atom is -0.00675 e. The Morgan fingerprint density at radius 3 is 1.82 bits per heavy atom. The van der Waals surface area contributed by atoms with Crippen molar-refractivity contribution in [3.63, 3.8) is 0 Å². The van der Waals surface area contributed by atoms with E-state index in [4.69, 9.17) is 0 Å². The third-order valence-corrected chi connectivity index (χ3v) is 5.52. The van der Waals surface area contributed by atoms with Crippen LogP contribution < -0.4 is 0 Å². The van der Waals surface area contributed by atoms with Crippen molar-refractivity contribution in [1.82, 2.24) is 0 Å². The van der Waals surface area contributed by atoms with Crippen molar-refractivity contribution in [1.29, 1.82) is 0 Å². The Morgan fingerprint density at radius 1 is 0.727 bits per heavy atom. The Bertz CT molecular complexity index is 222. The summed E-state index contributed by atoms with van der Waals surface area (Å²) in [6, 6.07) is 0. The van der Waals surface area contributed by atoms with Crippen LogP contribution in [0.1, 0.15) is 104 Å². The standard InChI is InChI=1S/C21H42S/c1-4-6-17-21(3)18-15-13-11-9-7-8-10-12-14-16-20-22-19-5-2/h6,17,21H,4-5,7-16,18-20H2,1-3H3/b17-6-. The van der Waals surface area contributed by atoms with Gasteiger partial charge in [0.25, 0.3) is 0 Å². The molecule has 0 fully saturated rings. The molecule has 0 saturated carbocycles. The third kappa shape index (κ3) is 18.1. The third-order valence-electron chi connectivity index (χ3n) is 4.25. The first-order valence-electron chi connectivity index (χ1n) is 10.1. The minimum absolute atomic E-state index is 0.787. The van der Waals surface area contributed by atoms with E-state index in [1.807, 2.05) is 0 Å². The summed E-state index contributed by atoms with van der Waals surface area (Å²) in [5.41, 5.74) is 0. The average molecular weight is 327 g/mol. The molecule has 0 aliphatic rings. The Kier molecular flexibility index (Phi) is 19.2. The molecule has 0 radical (unpaired) electrons. The number of hydrogen-bond acceptors (Lipinski definition) is 1. The van der Waals surface area contributed by atoms with E-state index in [2.05, 4.69) is 44.7 Å². The molecule has 0 nitrogen and oxygen atoms in total. The zero-order chi connectivity index (χ0) is 16.3. The lowest BCUT2D eigenvalue weighted by molar-refractivity contribution is 0.526. The predicted molar refractivity (Wildman–Crippen MR) is 107 cm³/mol. The highest BCUT2D eigenvalue weighted by molar-refractivity contribution is 7.99. The summed E-state index contributed by atoms with van der Waals surface area (Å²) < 4.78 is 0. The Morgan fingerprint density at radius 2 is 1.27 bits per heavy atom. The molecule has 1 heteroatoms. The molecule has 0 aromatic heterocycles. The molecule has 0 heterocycles. The first kappa shape index (κ1) is 22.1. The highest BCUT2D eigenvalue weighted by atomic mass is 32.2. The molecule has 1 unspecified atom stereocenters. The van der Waals surface area contributed by atoms with Crippen molar-refractivity contribution in [3.8, 4) is 0 Å². The topological polar surface area (TPSA) is 0 Å².